The second-order valence-electron chi connectivity index (χ2n) is 3.94. The molecule has 1 atom stereocenters. The van der Waals surface area contributed by atoms with Crippen LogP contribution in [0.3, 0.4) is 0 Å². The molecule has 0 spiro atoms. The lowest BCUT2D eigenvalue weighted by Crippen LogP contribution is -2.16. The second-order valence-corrected chi connectivity index (χ2v) is 3.94. The van der Waals surface area contributed by atoms with Gasteiger partial charge in [-0.25, -0.2) is 0 Å². The van der Waals surface area contributed by atoms with E-state index in [0.29, 0.717) is 6.54 Å². The zero-order valence-electron chi connectivity index (χ0n) is 9.07. The molecule has 0 aliphatic carbocycles. The van der Waals surface area contributed by atoms with Crippen LogP contribution in [0.5, 0.6) is 0 Å². The quantitative estimate of drug-likeness (QED) is 0.729. The largest absolute Gasteiger partial charge is 0.364 e. The topological polar surface area (TPSA) is 60.4 Å². The number of nitrogens with two attached hydrogens (primary N) is 1. The number of methoxy groups -OCH3 is 1. The van der Waals surface area contributed by atoms with Crippen molar-refractivity contribution < 1.29 is 9.84 Å². The first-order valence-electron chi connectivity index (χ1n) is 5.40. The van der Waals surface area contributed by atoms with Gasteiger partial charge < -0.3 is 20.1 Å². The van der Waals surface area contributed by atoms with Crippen LogP contribution in [0.2, 0.25) is 0 Å². The average molecular weight is 210 g/mol. The van der Waals surface area contributed by atoms with Gasteiger partial charge in [0.15, 0.2) is 6.29 Å². The zero-order chi connectivity index (χ0) is 10.8. The number of hydrogen-bond donors (Lipinski definition) is 2. The SMILES string of the molecule is COC(O)c1cc2n(c1CN)CCCC2. The molecule has 0 bridgehead atoms. The van der Waals surface area contributed by atoms with E-state index in [4.69, 9.17) is 10.5 Å². The Morgan fingerprint density at radius 1 is 1.60 bits per heavy atom. The predicted octanol–water partition coefficient (Wildman–Crippen LogP) is 0.920. The first kappa shape index (κ1) is 10.7. The van der Waals surface area contributed by atoms with Gasteiger partial charge in [-0.2, -0.15) is 0 Å². The summed E-state index contributed by atoms with van der Waals surface area (Å²) in [6.07, 6.45) is 2.64. The zero-order valence-corrected chi connectivity index (χ0v) is 9.07. The number of rotatable bonds is 3. The van der Waals surface area contributed by atoms with E-state index in [9.17, 15) is 5.11 Å². The lowest BCUT2D eigenvalue weighted by Gasteiger charge is -2.18. The molecular weight excluding hydrogens is 192 g/mol. The lowest BCUT2D eigenvalue weighted by atomic mass is 10.1. The van der Waals surface area contributed by atoms with Crippen molar-refractivity contribution in [1.29, 1.82) is 0 Å². The number of aryl methyl sites for hydroxylation is 1. The Bertz CT molecular complexity index is 347. The van der Waals surface area contributed by atoms with Crippen molar-refractivity contribution in [3.8, 4) is 0 Å². The highest BCUT2D eigenvalue weighted by Gasteiger charge is 2.20. The van der Waals surface area contributed by atoms with Crippen LogP contribution >= 0.6 is 0 Å². The van der Waals surface area contributed by atoms with Gasteiger partial charge in [-0.1, -0.05) is 0 Å². The van der Waals surface area contributed by atoms with E-state index in [2.05, 4.69) is 4.57 Å². The van der Waals surface area contributed by atoms with E-state index in [1.807, 2.05) is 6.07 Å². The summed E-state index contributed by atoms with van der Waals surface area (Å²) < 4.78 is 7.17. The normalized spacial score (nSPS) is 17.5. The van der Waals surface area contributed by atoms with E-state index in [-0.39, 0.29) is 0 Å². The van der Waals surface area contributed by atoms with Crippen LogP contribution in [-0.2, 0) is 24.2 Å². The van der Waals surface area contributed by atoms with Crippen LogP contribution in [0, 0.1) is 0 Å². The van der Waals surface area contributed by atoms with E-state index in [1.54, 1.807) is 0 Å². The molecule has 1 unspecified atom stereocenters. The summed E-state index contributed by atoms with van der Waals surface area (Å²) in [5, 5.41) is 9.70. The molecule has 4 nitrogen and oxygen atoms in total. The maximum atomic E-state index is 9.70. The molecule has 4 heteroatoms. The van der Waals surface area contributed by atoms with Crippen LogP contribution in [-0.4, -0.2) is 16.8 Å². The van der Waals surface area contributed by atoms with Crippen LogP contribution in [0.15, 0.2) is 6.07 Å². The van der Waals surface area contributed by atoms with Crippen molar-refractivity contribution in [3.05, 3.63) is 23.0 Å². The van der Waals surface area contributed by atoms with E-state index < -0.39 is 6.29 Å². The maximum Gasteiger partial charge on any atom is 0.182 e. The summed E-state index contributed by atoms with van der Waals surface area (Å²) >= 11 is 0. The van der Waals surface area contributed by atoms with Crippen molar-refractivity contribution in [3.63, 3.8) is 0 Å². The molecule has 1 aromatic heterocycles. The van der Waals surface area contributed by atoms with Crippen molar-refractivity contribution in [2.24, 2.45) is 5.73 Å². The summed E-state index contributed by atoms with van der Waals surface area (Å²) in [4.78, 5) is 0. The highest BCUT2D eigenvalue weighted by atomic mass is 16.6. The average Bonchev–Trinajstić information content (AvgIpc) is 2.66. The number of nitrogens with zero attached hydrogens (tertiary/aromatic N) is 1. The first-order valence-corrected chi connectivity index (χ1v) is 5.40. The number of aromatic nitrogens is 1. The van der Waals surface area contributed by atoms with Crippen LogP contribution in [0.25, 0.3) is 0 Å². The van der Waals surface area contributed by atoms with Gasteiger partial charge in [0.2, 0.25) is 0 Å². The Morgan fingerprint density at radius 2 is 2.40 bits per heavy atom. The Kier molecular flexibility index (Phi) is 3.09. The van der Waals surface area contributed by atoms with Gasteiger partial charge >= 0.3 is 0 Å². The van der Waals surface area contributed by atoms with Crippen molar-refractivity contribution in [1.82, 2.24) is 4.57 Å². The van der Waals surface area contributed by atoms with E-state index in [0.717, 1.165) is 24.2 Å². The molecule has 1 aliphatic rings. The Morgan fingerprint density at radius 3 is 3.07 bits per heavy atom. The third kappa shape index (κ3) is 1.80. The number of hydrogen-bond acceptors (Lipinski definition) is 3. The van der Waals surface area contributed by atoms with Crippen LogP contribution < -0.4 is 5.73 Å². The monoisotopic (exact) mass is 210 g/mol. The highest BCUT2D eigenvalue weighted by molar-refractivity contribution is 5.30. The molecule has 15 heavy (non-hydrogen) atoms. The van der Waals surface area contributed by atoms with E-state index in [1.165, 1.54) is 25.6 Å². The molecule has 2 heterocycles. The van der Waals surface area contributed by atoms with E-state index >= 15 is 0 Å². The summed E-state index contributed by atoms with van der Waals surface area (Å²) in [5.74, 6) is 0. The molecule has 2 rings (SSSR count). The van der Waals surface area contributed by atoms with Gasteiger partial charge in [0.25, 0.3) is 0 Å². The maximum absolute atomic E-state index is 9.70. The number of aliphatic hydroxyl groups is 1. The minimum atomic E-state index is -0.846. The summed E-state index contributed by atoms with van der Waals surface area (Å²) in [5.41, 5.74) is 8.84. The third-order valence-electron chi connectivity index (χ3n) is 3.08. The van der Waals surface area contributed by atoms with Crippen molar-refractivity contribution in [2.45, 2.75) is 38.6 Å². The van der Waals surface area contributed by atoms with Gasteiger partial charge in [-0.3, -0.25) is 0 Å². The predicted molar refractivity (Wildman–Crippen MR) is 57.2 cm³/mol. The molecule has 0 saturated carbocycles. The fourth-order valence-corrected chi connectivity index (χ4v) is 2.30. The number of fused-ring (bicyclic) bond motifs is 1. The molecule has 3 N–H and O–H groups in total. The standard InChI is InChI=1S/C11H18N2O2/c1-15-11(14)9-6-8-4-2-3-5-13(8)10(9)7-12/h6,11,14H,2-5,7,12H2,1H3. The number of aliphatic hydroxyl groups excluding tert-OH is 1. The van der Waals surface area contributed by atoms with Gasteiger partial charge in [0.1, 0.15) is 0 Å². The molecule has 0 saturated heterocycles. The van der Waals surface area contributed by atoms with Crippen molar-refractivity contribution in [2.75, 3.05) is 7.11 Å². The lowest BCUT2D eigenvalue weighted by molar-refractivity contribution is -0.0775. The molecule has 0 amide bonds. The highest BCUT2D eigenvalue weighted by Crippen LogP contribution is 2.27. The molecule has 0 fully saturated rings. The Hall–Kier alpha value is -0.840. The molecule has 0 aromatic carbocycles. The summed E-state index contributed by atoms with van der Waals surface area (Å²) in [6.45, 7) is 1.47. The molecule has 1 aliphatic heterocycles. The van der Waals surface area contributed by atoms with Crippen LogP contribution in [0.1, 0.15) is 36.1 Å². The smallest absolute Gasteiger partial charge is 0.182 e. The molecule has 1 aromatic rings. The van der Waals surface area contributed by atoms with Gasteiger partial charge in [-0.15, -0.1) is 0 Å². The molecule has 84 valence electrons. The van der Waals surface area contributed by atoms with Gasteiger partial charge in [0.05, 0.1) is 0 Å². The Labute approximate surface area is 89.6 Å². The van der Waals surface area contributed by atoms with Gasteiger partial charge in [0, 0.05) is 37.2 Å². The fraction of sp³-hybridized carbons (Fsp3) is 0.636. The molecule has 0 radical (unpaired) electrons. The van der Waals surface area contributed by atoms with Crippen LogP contribution in [0.4, 0.5) is 0 Å². The third-order valence-corrected chi connectivity index (χ3v) is 3.08. The van der Waals surface area contributed by atoms with Gasteiger partial charge in [-0.05, 0) is 25.3 Å². The number of ether oxygens (including phenoxy) is 1. The minimum Gasteiger partial charge on any atom is -0.364 e. The Balaban J connectivity index is 2.41. The summed E-state index contributed by atoms with van der Waals surface area (Å²) in [7, 11) is 1.50. The summed E-state index contributed by atoms with van der Waals surface area (Å²) in [6, 6.07) is 2.02. The first-order chi connectivity index (χ1) is 7.27. The molecular formula is C11H18N2O2. The van der Waals surface area contributed by atoms with Crippen molar-refractivity contribution >= 4 is 0 Å². The fourth-order valence-electron chi connectivity index (χ4n) is 2.30. The second kappa shape index (κ2) is 4.35. The minimum absolute atomic E-state index is 0.454.